The van der Waals surface area contributed by atoms with Crippen molar-refractivity contribution in [1.82, 2.24) is 24.8 Å². The van der Waals surface area contributed by atoms with E-state index in [0.29, 0.717) is 11.0 Å². The number of benzene rings is 2. The van der Waals surface area contributed by atoms with Crippen LogP contribution in [0.4, 0.5) is 10.7 Å². The van der Waals surface area contributed by atoms with Gasteiger partial charge < -0.3 is 24.2 Å². The van der Waals surface area contributed by atoms with Gasteiger partial charge in [-0.15, -0.1) is 0 Å². The number of anilines is 1. The average Bonchev–Trinajstić information content (AvgIpc) is 3.43. The molecule has 2 heterocycles. The lowest BCUT2D eigenvalue weighted by atomic mass is 10.3. The van der Waals surface area contributed by atoms with Crippen molar-refractivity contribution >= 4 is 33.1 Å². The van der Waals surface area contributed by atoms with Crippen LogP contribution < -0.4 is 14.8 Å². The SMILES string of the molecule is CC(CO)NC(=O)Nc1nc2cc(OS(=O)(=O)c3ccc(-n4ccnc4)cc3)ccc2[nH]1. The van der Waals surface area contributed by atoms with Gasteiger partial charge >= 0.3 is 16.1 Å². The molecule has 32 heavy (non-hydrogen) atoms. The van der Waals surface area contributed by atoms with Gasteiger partial charge in [-0.2, -0.15) is 8.42 Å². The first-order valence-corrected chi connectivity index (χ1v) is 11.0. The minimum Gasteiger partial charge on any atom is -0.394 e. The van der Waals surface area contributed by atoms with Crippen LogP contribution in [0.5, 0.6) is 5.75 Å². The number of urea groups is 1. The first kappa shape index (κ1) is 21.3. The topological polar surface area (TPSA) is 151 Å². The van der Waals surface area contributed by atoms with E-state index in [9.17, 15) is 13.2 Å². The maximum absolute atomic E-state index is 12.7. The van der Waals surface area contributed by atoms with Crippen LogP contribution in [0.25, 0.3) is 16.7 Å². The molecule has 0 radical (unpaired) electrons. The van der Waals surface area contributed by atoms with Crippen LogP contribution >= 0.6 is 0 Å². The first-order valence-electron chi connectivity index (χ1n) is 9.55. The van der Waals surface area contributed by atoms with Crippen LogP contribution in [-0.2, 0) is 10.1 Å². The number of carbonyl (C=O) groups excluding carboxylic acids is 1. The normalized spacial score (nSPS) is 12.4. The second-order valence-electron chi connectivity index (χ2n) is 6.95. The lowest BCUT2D eigenvalue weighted by Gasteiger charge is -2.10. The Morgan fingerprint density at radius 3 is 2.72 bits per heavy atom. The lowest BCUT2D eigenvalue weighted by molar-refractivity contribution is 0.229. The summed E-state index contributed by atoms with van der Waals surface area (Å²) >= 11 is 0. The Hall–Kier alpha value is -3.90. The molecule has 0 aliphatic heterocycles. The number of carbonyl (C=O) groups is 1. The number of hydrogen-bond donors (Lipinski definition) is 4. The van der Waals surface area contributed by atoms with Gasteiger partial charge in [-0.25, -0.2) is 14.8 Å². The van der Waals surface area contributed by atoms with Crippen molar-refractivity contribution in [3.05, 3.63) is 61.2 Å². The first-order chi connectivity index (χ1) is 15.3. The fourth-order valence-corrected chi connectivity index (χ4v) is 3.80. The van der Waals surface area contributed by atoms with Crippen molar-refractivity contribution in [3.8, 4) is 11.4 Å². The minimum atomic E-state index is -4.06. The summed E-state index contributed by atoms with van der Waals surface area (Å²) in [5, 5.41) is 14.0. The van der Waals surface area contributed by atoms with E-state index in [1.54, 1.807) is 48.4 Å². The fourth-order valence-electron chi connectivity index (χ4n) is 2.88. The van der Waals surface area contributed by atoms with Gasteiger partial charge in [-0.05, 0) is 43.3 Å². The molecule has 0 aliphatic carbocycles. The molecule has 0 spiro atoms. The van der Waals surface area contributed by atoms with Crippen molar-refractivity contribution < 1.29 is 22.5 Å². The maximum atomic E-state index is 12.7. The molecular formula is C20H20N6O5S. The quantitative estimate of drug-likeness (QED) is 0.311. The van der Waals surface area contributed by atoms with Gasteiger partial charge in [0.05, 0.1) is 30.0 Å². The second kappa shape index (κ2) is 8.69. The Balaban J connectivity index is 1.49. The van der Waals surface area contributed by atoms with Gasteiger partial charge in [0.15, 0.2) is 0 Å². The van der Waals surface area contributed by atoms with Crippen molar-refractivity contribution in [1.29, 1.82) is 0 Å². The van der Waals surface area contributed by atoms with Crippen LogP contribution in [0.15, 0.2) is 66.1 Å². The van der Waals surface area contributed by atoms with E-state index in [1.165, 1.54) is 24.3 Å². The Bertz CT molecular complexity index is 1330. The summed E-state index contributed by atoms with van der Waals surface area (Å²) in [7, 11) is -4.06. The number of H-pyrrole nitrogens is 1. The van der Waals surface area contributed by atoms with Gasteiger partial charge in [-0.3, -0.25) is 5.32 Å². The summed E-state index contributed by atoms with van der Waals surface area (Å²) < 4.78 is 32.3. The molecule has 4 rings (SSSR count). The van der Waals surface area contributed by atoms with E-state index in [-0.39, 0.29) is 23.2 Å². The highest BCUT2D eigenvalue weighted by Crippen LogP contribution is 2.24. The van der Waals surface area contributed by atoms with Crippen LogP contribution in [0.2, 0.25) is 0 Å². The van der Waals surface area contributed by atoms with Gasteiger partial charge in [0.2, 0.25) is 5.95 Å². The van der Waals surface area contributed by atoms with Crippen molar-refractivity contribution in [2.75, 3.05) is 11.9 Å². The van der Waals surface area contributed by atoms with Gasteiger partial charge in [0.25, 0.3) is 0 Å². The Morgan fingerprint density at radius 1 is 1.25 bits per heavy atom. The number of aromatic amines is 1. The molecule has 12 heteroatoms. The highest BCUT2D eigenvalue weighted by Gasteiger charge is 2.18. The monoisotopic (exact) mass is 456 g/mol. The average molecular weight is 456 g/mol. The molecule has 166 valence electrons. The molecule has 2 aromatic carbocycles. The molecule has 1 unspecified atom stereocenters. The highest BCUT2D eigenvalue weighted by atomic mass is 32.2. The minimum absolute atomic E-state index is 0.000481. The van der Waals surface area contributed by atoms with Crippen LogP contribution in [0, 0.1) is 0 Å². The standard InChI is InChI=1S/C20H20N6O5S/c1-13(11-27)22-20(28)25-19-23-17-7-4-15(10-18(17)24-19)31-32(29,30)16-5-2-14(3-6-16)26-9-8-21-12-26/h2-10,12-13,27H,11H2,1H3,(H3,22,23,24,25,28). The summed E-state index contributed by atoms with van der Waals surface area (Å²) in [5.41, 5.74) is 1.74. The smallest absolute Gasteiger partial charge is 0.339 e. The number of rotatable bonds is 7. The summed E-state index contributed by atoms with van der Waals surface area (Å²) in [4.78, 5) is 22.9. The predicted octanol–water partition coefficient (Wildman–Crippen LogP) is 2.02. The van der Waals surface area contributed by atoms with Gasteiger partial charge in [-0.1, -0.05) is 0 Å². The van der Waals surface area contributed by atoms with Gasteiger partial charge in [0.1, 0.15) is 10.6 Å². The summed E-state index contributed by atoms with van der Waals surface area (Å²) in [6, 6.07) is 9.76. The third-order valence-electron chi connectivity index (χ3n) is 4.47. The van der Waals surface area contributed by atoms with E-state index >= 15 is 0 Å². The predicted molar refractivity (Wildman–Crippen MR) is 116 cm³/mol. The van der Waals surface area contributed by atoms with Crippen molar-refractivity contribution in [2.24, 2.45) is 0 Å². The summed E-state index contributed by atoms with van der Waals surface area (Å²) in [6.45, 7) is 1.45. The third kappa shape index (κ3) is 4.71. The molecule has 0 aliphatic rings. The Labute approximate surface area is 183 Å². The fraction of sp³-hybridized carbons (Fsp3) is 0.150. The highest BCUT2D eigenvalue weighted by molar-refractivity contribution is 7.87. The van der Waals surface area contributed by atoms with E-state index < -0.39 is 22.2 Å². The number of aromatic nitrogens is 4. The Morgan fingerprint density at radius 2 is 2.03 bits per heavy atom. The van der Waals surface area contributed by atoms with E-state index in [2.05, 4.69) is 25.6 Å². The molecule has 1 atom stereocenters. The third-order valence-corrected chi connectivity index (χ3v) is 5.73. The number of nitrogens with zero attached hydrogens (tertiary/aromatic N) is 3. The zero-order valence-corrected chi connectivity index (χ0v) is 17.7. The molecule has 4 N–H and O–H groups in total. The zero-order valence-electron chi connectivity index (χ0n) is 16.9. The molecule has 11 nitrogen and oxygen atoms in total. The number of aliphatic hydroxyl groups is 1. The molecule has 4 aromatic rings. The van der Waals surface area contributed by atoms with Crippen molar-refractivity contribution in [3.63, 3.8) is 0 Å². The molecule has 0 bridgehead atoms. The second-order valence-corrected chi connectivity index (χ2v) is 8.49. The lowest BCUT2D eigenvalue weighted by Crippen LogP contribution is -2.38. The van der Waals surface area contributed by atoms with Crippen molar-refractivity contribution in [2.45, 2.75) is 17.9 Å². The van der Waals surface area contributed by atoms with E-state index in [4.69, 9.17) is 9.29 Å². The number of amides is 2. The van der Waals surface area contributed by atoms with Crippen LogP contribution in [0.3, 0.4) is 0 Å². The number of aliphatic hydroxyl groups excluding tert-OH is 1. The number of fused-ring (bicyclic) bond motifs is 1. The molecule has 0 fully saturated rings. The van der Waals surface area contributed by atoms with Crippen LogP contribution in [0.1, 0.15) is 6.92 Å². The molecule has 0 saturated carbocycles. The van der Waals surface area contributed by atoms with Gasteiger partial charge in [0, 0.05) is 24.1 Å². The summed E-state index contributed by atoms with van der Waals surface area (Å²) in [6.07, 6.45) is 4.99. The zero-order chi connectivity index (χ0) is 22.7. The molecule has 0 saturated heterocycles. The molecular weight excluding hydrogens is 436 g/mol. The number of nitrogens with one attached hydrogen (secondary N) is 3. The molecule has 2 amide bonds. The van der Waals surface area contributed by atoms with Crippen LogP contribution in [-0.4, -0.2) is 51.7 Å². The number of imidazole rings is 2. The van der Waals surface area contributed by atoms with E-state index in [1.807, 2.05) is 0 Å². The number of hydrogen-bond acceptors (Lipinski definition) is 7. The molecule has 2 aromatic heterocycles. The maximum Gasteiger partial charge on any atom is 0.339 e. The Kier molecular flexibility index (Phi) is 5.79. The summed E-state index contributed by atoms with van der Waals surface area (Å²) in [5.74, 6) is 0.241. The largest absolute Gasteiger partial charge is 0.394 e. The van der Waals surface area contributed by atoms with E-state index in [0.717, 1.165) is 5.69 Å².